The van der Waals surface area contributed by atoms with Crippen LogP contribution in [0.1, 0.15) is 42.4 Å². The SMILES string of the molecule is Cc1nn(C)c(C(=O)NC2CCCC2C)c1N. The zero-order valence-corrected chi connectivity index (χ0v) is 10.7. The normalized spacial score (nSPS) is 23.9. The third kappa shape index (κ3) is 2.14. The summed E-state index contributed by atoms with van der Waals surface area (Å²) in [7, 11) is 1.75. The van der Waals surface area contributed by atoms with Crippen LogP contribution in [-0.2, 0) is 7.05 Å². The van der Waals surface area contributed by atoms with E-state index in [9.17, 15) is 4.79 Å². The summed E-state index contributed by atoms with van der Waals surface area (Å²) >= 11 is 0. The lowest BCUT2D eigenvalue weighted by Crippen LogP contribution is -2.37. The highest BCUT2D eigenvalue weighted by Gasteiger charge is 2.27. The van der Waals surface area contributed by atoms with E-state index in [0.717, 1.165) is 6.42 Å². The van der Waals surface area contributed by atoms with Crippen LogP contribution in [0, 0.1) is 12.8 Å². The van der Waals surface area contributed by atoms with Crippen LogP contribution in [0.2, 0.25) is 0 Å². The molecule has 0 bridgehead atoms. The molecule has 0 aliphatic heterocycles. The summed E-state index contributed by atoms with van der Waals surface area (Å²) < 4.78 is 1.56. The van der Waals surface area contributed by atoms with Crippen LogP contribution in [0.3, 0.4) is 0 Å². The first-order valence-corrected chi connectivity index (χ1v) is 6.10. The number of anilines is 1. The molecule has 2 unspecified atom stereocenters. The topological polar surface area (TPSA) is 72.9 Å². The van der Waals surface area contributed by atoms with Gasteiger partial charge in [0.25, 0.3) is 5.91 Å². The maximum absolute atomic E-state index is 12.1. The van der Waals surface area contributed by atoms with E-state index in [2.05, 4.69) is 17.3 Å². The molecule has 1 heterocycles. The van der Waals surface area contributed by atoms with Crippen molar-refractivity contribution in [3.8, 4) is 0 Å². The molecule has 1 saturated carbocycles. The lowest BCUT2D eigenvalue weighted by Gasteiger charge is -2.17. The fraction of sp³-hybridized carbons (Fsp3) is 0.667. The first-order valence-electron chi connectivity index (χ1n) is 6.10. The number of nitrogens with one attached hydrogen (secondary N) is 1. The van der Waals surface area contributed by atoms with E-state index in [1.54, 1.807) is 11.7 Å². The van der Waals surface area contributed by atoms with E-state index in [1.165, 1.54) is 12.8 Å². The summed E-state index contributed by atoms with van der Waals surface area (Å²) in [6.45, 7) is 3.99. The van der Waals surface area contributed by atoms with E-state index in [1.807, 2.05) is 6.92 Å². The number of nitrogens with zero attached hydrogens (tertiary/aromatic N) is 2. The van der Waals surface area contributed by atoms with Gasteiger partial charge in [0.15, 0.2) is 0 Å². The average molecular weight is 236 g/mol. The van der Waals surface area contributed by atoms with E-state index < -0.39 is 0 Å². The van der Waals surface area contributed by atoms with Crippen molar-refractivity contribution in [2.45, 2.75) is 39.2 Å². The van der Waals surface area contributed by atoms with Gasteiger partial charge in [0, 0.05) is 13.1 Å². The van der Waals surface area contributed by atoms with E-state index in [4.69, 9.17) is 5.73 Å². The van der Waals surface area contributed by atoms with Crippen LogP contribution in [0.25, 0.3) is 0 Å². The van der Waals surface area contributed by atoms with Crippen LogP contribution >= 0.6 is 0 Å². The predicted molar refractivity (Wildman–Crippen MR) is 66.6 cm³/mol. The Morgan fingerprint density at radius 2 is 2.24 bits per heavy atom. The molecule has 0 radical (unpaired) electrons. The monoisotopic (exact) mass is 236 g/mol. The molecule has 1 aromatic rings. The van der Waals surface area contributed by atoms with Gasteiger partial charge in [-0.25, -0.2) is 0 Å². The molecule has 1 amide bonds. The van der Waals surface area contributed by atoms with Gasteiger partial charge in [-0.2, -0.15) is 5.10 Å². The molecule has 2 atom stereocenters. The third-order valence-corrected chi connectivity index (χ3v) is 3.66. The molecule has 1 aliphatic rings. The van der Waals surface area contributed by atoms with Crippen molar-refractivity contribution in [1.82, 2.24) is 15.1 Å². The van der Waals surface area contributed by atoms with Crippen LogP contribution in [0.4, 0.5) is 5.69 Å². The molecule has 5 heteroatoms. The van der Waals surface area contributed by atoms with Crippen molar-refractivity contribution in [3.05, 3.63) is 11.4 Å². The van der Waals surface area contributed by atoms with Crippen molar-refractivity contribution in [3.63, 3.8) is 0 Å². The van der Waals surface area contributed by atoms with Gasteiger partial charge in [0.05, 0.1) is 11.4 Å². The number of rotatable bonds is 2. The van der Waals surface area contributed by atoms with Gasteiger partial charge in [-0.15, -0.1) is 0 Å². The highest BCUT2D eigenvalue weighted by molar-refractivity contribution is 5.98. The molecule has 0 aromatic carbocycles. The highest BCUT2D eigenvalue weighted by atomic mass is 16.2. The summed E-state index contributed by atoms with van der Waals surface area (Å²) in [5.41, 5.74) is 7.53. The Kier molecular flexibility index (Phi) is 3.09. The molecular weight excluding hydrogens is 216 g/mol. The summed E-state index contributed by atoms with van der Waals surface area (Å²) in [5.74, 6) is 0.443. The zero-order chi connectivity index (χ0) is 12.6. The molecule has 17 heavy (non-hydrogen) atoms. The Morgan fingerprint density at radius 1 is 1.53 bits per heavy atom. The molecular formula is C12H20N4O. The highest BCUT2D eigenvalue weighted by Crippen LogP contribution is 2.25. The smallest absolute Gasteiger partial charge is 0.271 e. The minimum absolute atomic E-state index is 0.107. The quantitative estimate of drug-likeness (QED) is 0.811. The average Bonchev–Trinajstić information content (AvgIpc) is 2.74. The van der Waals surface area contributed by atoms with Crippen molar-refractivity contribution < 1.29 is 4.79 Å². The molecule has 1 aliphatic carbocycles. The van der Waals surface area contributed by atoms with Crippen LogP contribution in [-0.4, -0.2) is 21.7 Å². The first-order chi connectivity index (χ1) is 8.00. The second-order valence-electron chi connectivity index (χ2n) is 4.96. The number of nitrogens with two attached hydrogens (primary N) is 1. The fourth-order valence-corrected chi connectivity index (χ4v) is 2.54. The molecule has 5 nitrogen and oxygen atoms in total. The van der Waals surface area contributed by atoms with Gasteiger partial charge in [-0.1, -0.05) is 13.3 Å². The molecule has 0 spiro atoms. The maximum atomic E-state index is 12.1. The maximum Gasteiger partial charge on any atom is 0.271 e. The molecule has 2 rings (SSSR count). The molecule has 1 fully saturated rings. The first kappa shape index (κ1) is 12.0. The molecule has 0 saturated heterocycles. The number of hydrogen-bond donors (Lipinski definition) is 2. The molecule has 94 valence electrons. The third-order valence-electron chi connectivity index (χ3n) is 3.66. The Morgan fingerprint density at radius 3 is 2.71 bits per heavy atom. The summed E-state index contributed by atoms with van der Waals surface area (Å²) in [6.07, 6.45) is 3.43. The van der Waals surface area contributed by atoms with E-state index >= 15 is 0 Å². The zero-order valence-electron chi connectivity index (χ0n) is 10.7. The Hall–Kier alpha value is -1.52. The van der Waals surface area contributed by atoms with Gasteiger partial charge in [-0.3, -0.25) is 9.48 Å². The molecule has 1 aromatic heterocycles. The fourth-order valence-electron chi connectivity index (χ4n) is 2.54. The van der Waals surface area contributed by atoms with Gasteiger partial charge in [-0.05, 0) is 25.7 Å². The second kappa shape index (κ2) is 4.39. The van der Waals surface area contributed by atoms with Crippen LogP contribution in [0.15, 0.2) is 0 Å². The number of nitrogen functional groups attached to an aromatic ring is 1. The van der Waals surface area contributed by atoms with Crippen LogP contribution in [0.5, 0.6) is 0 Å². The minimum atomic E-state index is -0.107. The lowest BCUT2D eigenvalue weighted by molar-refractivity contribution is 0.0921. The number of aryl methyl sites for hydroxylation is 2. The largest absolute Gasteiger partial charge is 0.395 e. The number of hydrogen-bond acceptors (Lipinski definition) is 3. The van der Waals surface area contributed by atoms with Crippen LogP contribution < -0.4 is 11.1 Å². The number of amides is 1. The number of carbonyl (C=O) groups is 1. The van der Waals surface area contributed by atoms with Gasteiger partial charge in [0.2, 0.25) is 0 Å². The summed E-state index contributed by atoms with van der Waals surface area (Å²) in [4.78, 5) is 12.1. The van der Waals surface area contributed by atoms with Crippen molar-refractivity contribution in [2.75, 3.05) is 5.73 Å². The lowest BCUT2D eigenvalue weighted by atomic mass is 10.1. The Bertz CT molecular complexity index is 438. The summed E-state index contributed by atoms with van der Waals surface area (Å²) in [6, 6.07) is 0.275. The Labute approximate surface area is 101 Å². The van der Waals surface area contributed by atoms with E-state index in [0.29, 0.717) is 23.0 Å². The standard InChI is InChI=1S/C12H20N4O/c1-7-5-4-6-9(7)14-12(17)11-10(13)8(2)15-16(11)3/h7,9H,4-6,13H2,1-3H3,(H,14,17). The van der Waals surface area contributed by atoms with Gasteiger partial charge < -0.3 is 11.1 Å². The predicted octanol–water partition coefficient (Wildman–Crippen LogP) is 1.23. The molecule has 3 N–H and O–H groups in total. The van der Waals surface area contributed by atoms with Crippen molar-refractivity contribution >= 4 is 11.6 Å². The van der Waals surface area contributed by atoms with Gasteiger partial charge in [0.1, 0.15) is 5.69 Å². The summed E-state index contributed by atoms with van der Waals surface area (Å²) in [5, 5.41) is 7.22. The van der Waals surface area contributed by atoms with Crippen molar-refractivity contribution in [2.24, 2.45) is 13.0 Å². The van der Waals surface area contributed by atoms with E-state index in [-0.39, 0.29) is 11.9 Å². The second-order valence-corrected chi connectivity index (χ2v) is 4.96. The minimum Gasteiger partial charge on any atom is -0.395 e. The van der Waals surface area contributed by atoms with Gasteiger partial charge >= 0.3 is 0 Å². The number of aromatic nitrogens is 2. The van der Waals surface area contributed by atoms with Crippen molar-refractivity contribution in [1.29, 1.82) is 0 Å². The number of carbonyl (C=O) groups excluding carboxylic acids is 1. The Balaban J connectivity index is 2.14.